The van der Waals surface area contributed by atoms with Crippen LogP contribution in [0.1, 0.15) is 10.4 Å². The second kappa shape index (κ2) is 9.62. The Morgan fingerprint density at radius 3 is 2.82 bits per heavy atom. The number of pyridine rings is 1. The lowest BCUT2D eigenvalue weighted by molar-refractivity contribution is 0.122. The van der Waals surface area contributed by atoms with Gasteiger partial charge in [-0.3, -0.25) is 0 Å². The van der Waals surface area contributed by atoms with Gasteiger partial charge in [0.2, 0.25) is 5.88 Å². The summed E-state index contributed by atoms with van der Waals surface area (Å²) in [5, 5.41) is 11.3. The number of fused-ring (bicyclic) bond motifs is 1. The number of rotatable bonds is 7. The summed E-state index contributed by atoms with van der Waals surface area (Å²) in [6, 6.07) is 11.4. The van der Waals surface area contributed by atoms with Gasteiger partial charge in [-0.25, -0.2) is 15.0 Å². The molecule has 1 aliphatic rings. The maximum Gasteiger partial charge on any atom is 0.213 e. The summed E-state index contributed by atoms with van der Waals surface area (Å²) in [6.07, 6.45) is 3.01. The highest BCUT2D eigenvalue weighted by molar-refractivity contribution is 7.19. The molecule has 1 aliphatic heterocycles. The fourth-order valence-electron chi connectivity index (χ4n) is 3.90. The number of nitrogens with zero attached hydrogens (tertiary/aromatic N) is 4. The molecule has 3 aromatic heterocycles. The van der Waals surface area contributed by atoms with E-state index in [0.29, 0.717) is 42.7 Å². The summed E-state index contributed by atoms with van der Waals surface area (Å²) in [5.41, 5.74) is 9.82. The van der Waals surface area contributed by atoms with Crippen LogP contribution in [0.2, 0.25) is 0 Å². The van der Waals surface area contributed by atoms with E-state index in [1.807, 2.05) is 24.3 Å². The quantitative estimate of drug-likeness (QED) is 0.273. The van der Waals surface area contributed by atoms with E-state index in [2.05, 4.69) is 21.3 Å². The summed E-state index contributed by atoms with van der Waals surface area (Å²) in [5.74, 6) is 2.04. The Bertz CT molecular complexity index is 1320. The van der Waals surface area contributed by atoms with Gasteiger partial charge < -0.3 is 30.8 Å². The Morgan fingerprint density at radius 1 is 1.24 bits per heavy atom. The van der Waals surface area contributed by atoms with E-state index in [9.17, 15) is 0 Å². The SMILES string of the molecule is COc1ccc(NCc2cc3nc(-c4cccc(N)c4C=N)nc(N4CCOCC4)c3s2)cn1. The predicted molar refractivity (Wildman–Crippen MR) is 136 cm³/mol. The summed E-state index contributed by atoms with van der Waals surface area (Å²) in [6.45, 7) is 3.49. The van der Waals surface area contributed by atoms with Gasteiger partial charge in [-0.2, -0.15) is 0 Å². The fourth-order valence-corrected chi connectivity index (χ4v) is 4.95. The first kappa shape index (κ1) is 22.1. The minimum Gasteiger partial charge on any atom is -0.481 e. The number of methoxy groups -OCH3 is 1. The van der Waals surface area contributed by atoms with Crippen molar-refractivity contribution < 1.29 is 9.47 Å². The number of anilines is 3. The van der Waals surface area contributed by atoms with E-state index in [-0.39, 0.29) is 0 Å². The highest BCUT2D eigenvalue weighted by Crippen LogP contribution is 2.36. The number of hydrogen-bond donors (Lipinski definition) is 3. The normalized spacial score (nSPS) is 13.7. The van der Waals surface area contributed by atoms with Gasteiger partial charge in [0.15, 0.2) is 11.6 Å². The molecule has 1 fully saturated rings. The molecule has 0 radical (unpaired) electrons. The lowest BCUT2D eigenvalue weighted by Crippen LogP contribution is -2.36. The van der Waals surface area contributed by atoms with Crippen LogP contribution in [0.25, 0.3) is 21.6 Å². The fraction of sp³-hybridized carbons (Fsp3) is 0.250. The molecule has 0 spiro atoms. The van der Waals surface area contributed by atoms with Crippen LogP contribution in [-0.4, -0.2) is 54.6 Å². The molecule has 0 unspecified atom stereocenters. The average molecular weight is 476 g/mol. The third kappa shape index (κ3) is 4.37. The first-order valence-electron chi connectivity index (χ1n) is 10.9. The van der Waals surface area contributed by atoms with E-state index >= 15 is 0 Å². The Labute approximate surface area is 201 Å². The van der Waals surface area contributed by atoms with Crippen molar-refractivity contribution >= 4 is 45.0 Å². The molecular weight excluding hydrogens is 450 g/mol. The van der Waals surface area contributed by atoms with Gasteiger partial charge in [-0.05, 0) is 18.2 Å². The van der Waals surface area contributed by atoms with Crippen molar-refractivity contribution in [1.82, 2.24) is 15.0 Å². The van der Waals surface area contributed by atoms with E-state index in [1.54, 1.807) is 30.7 Å². The average Bonchev–Trinajstić information content (AvgIpc) is 3.30. The van der Waals surface area contributed by atoms with Crippen LogP contribution in [0, 0.1) is 5.41 Å². The third-order valence-electron chi connectivity index (χ3n) is 5.65. The zero-order chi connectivity index (χ0) is 23.5. The smallest absolute Gasteiger partial charge is 0.213 e. The van der Waals surface area contributed by atoms with Crippen LogP contribution in [0.15, 0.2) is 42.6 Å². The molecule has 4 heterocycles. The molecule has 0 amide bonds. The van der Waals surface area contributed by atoms with Crippen LogP contribution in [-0.2, 0) is 11.3 Å². The third-order valence-corrected chi connectivity index (χ3v) is 6.77. The highest BCUT2D eigenvalue weighted by atomic mass is 32.1. The Balaban J connectivity index is 1.53. The van der Waals surface area contributed by atoms with Crippen LogP contribution in [0.3, 0.4) is 0 Å². The zero-order valence-electron chi connectivity index (χ0n) is 18.7. The predicted octanol–water partition coefficient (Wildman–Crippen LogP) is 3.79. The Hall–Kier alpha value is -3.76. The second-order valence-corrected chi connectivity index (χ2v) is 8.93. The van der Waals surface area contributed by atoms with Crippen molar-refractivity contribution in [1.29, 1.82) is 5.41 Å². The molecule has 0 aliphatic carbocycles. The maximum absolute atomic E-state index is 7.85. The number of ether oxygens (including phenoxy) is 2. The monoisotopic (exact) mass is 475 g/mol. The number of nitrogen functional groups attached to an aromatic ring is 1. The number of thiophene rings is 1. The van der Waals surface area contributed by atoms with Gasteiger partial charge in [0.25, 0.3) is 0 Å². The number of morpholine rings is 1. The topological polar surface area (TPSA) is 122 Å². The Kier molecular flexibility index (Phi) is 6.24. The largest absolute Gasteiger partial charge is 0.481 e. The van der Waals surface area contributed by atoms with Crippen molar-refractivity contribution in [3.63, 3.8) is 0 Å². The van der Waals surface area contributed by atoms with Crippen LogP contribution in [0.5, 0.6) is 5.88 Å². The molecule has 1 aromatic carbocycles. The summed E-state index contributed by atoms with van der Waals surface area (Å²) in [4.78, 5) is 17.5. The van der Waals surface area contributed by atoms with Gasteiger partial charge in [0, 0.05) is 53.6 Å². The number of nitrogens with two attached hydrogens (primary N) is 1. The minimum atomic E-state index is 0.535. The Morgan fingerprint density at radius 2 is 2.09 bits per heavy atom. The number of benzene rings is 1. The van der Waals surface area contributed by atoms with Gasteiger partial charge in [-0.15, -0.1) is 11.3 Å². The van der Waals surface area contributed by atoms with Gasteiger partial charge in [0.05, 0.1) is 42.4 Å². The van der Waals surface area contributed by atoms with Crippen molar-refractivity contribution in [2.24, 2.45) is 0 Å². The number of aromatic nitrogens is 3. The van der Waals surface area contributed by atoms with Crippen molar-refractivity contribution in [2.45, 2.75) is 6.54 Å². The summed E-state index contributed by atoms with van der Waals surface area (Å²) >= 11 is 1.68. The second-order valence-electron chi connectivity index (χ2n) is 7.79. The van der Waals surface area contributed by atoms with E-state index in [1.165, 1.54) is 6.21 Å². The molecule has 10 heteroatoms. The molecule has 1 saturated heterocycles. The molecule has 0 saturated carbocycles. The van der Waals surface area contributed by atoms with Crippen molar-refractivity contribution in [3.05, 3.63) is 53.0 Å². The van der Waals surface area contributed by atoms with Crippen LogP contribution in [0.4, 0.5) is 17.2 Å². The first-order chi connectivity index (χ1) is 16.7. The minimum absolute atomic E-state index is 0.535. The molecule has 34 heavy (non-hydrogen) atoms. The molecule has 0 bridgehead atoms. The molecule has 9 nitrogen and oxygen atoms in total. The highest BCUT2D eigenvalue weighted by Gasteiger charge is 2.21. The zero-order valence-corrected chi connectivity index (χ0v) is 19.6. The maximum atomic E-state index is 7.85. The summed E-state index contributed by atoms with van der Waals surface area (Å²) < 4.78 is 11.7. The van der Waals surface area contributed by atoms with Gasteiger partial charge >= 0.3 is 0 Å². The molecule has 4 N–H and O–H groups in total. The van der Waals surface area contributed by atoms with Crippen LogP contribution >= 0.6 is 11.3 Å². The van der Waals surface area contributed by atoms with Gasteiger partial charge in [0.1, 0.15) is 0 Å². The number of hydrogen-bond acceptors (Lipinski definition) is 10. The van der Waals surface area contributed by atoms with Crippen molar-refractivity contribution in [2.75, 3.05) is 49.4 Å². The first-order valence-corrected chi connectivity index (χ1v) is 11.7. The number of nitrogens with one attached hydrogen (secondary N) is 2. The van der Waals surface area contributed by atoms with E-state index < -0.39 is 0 Å². The van der Waals surface area contributed by atoms with E-state index in [4.69, 9.17) is 30.6 Å². The molecule has 174 valence electrons. The lowest BCUT2D eigenvalue weighted by Gasteiger charge is -2.28. The van der Waals surface area contributed by atoms with Crippen molar-refractivity contribution in [3.8, 4) is 17.3 Å². The standard InChI is InChI=1S/C24H25N7O2S/c1-32-21-6-5-15(13-28-21)27-14-16-11-20-22(34-16)24(31-7-9-33-10-8-31)30-23(29-20)17-3-2-4-19(26)18(17)12-25/h2-6,11-13,25,27H,7-10,14,26H2,1H3. The summed E-state index contributed by atoms with van der Waals surface area (Å²) in [7, 11) is 1.60. The van der Waals surface area contributed by atoms with Gasteiger partial charge in [-0.1, -0.05) is 12.1 Å². The molecule has 5 rings (SSSR count). The molecular formula is C24H25N7O2S. The van der Waals surface area contributed by atoms with E-state index in [0.717, 1.165) is 45.3 Å². The lowest BCUT2D eigenvalue weighted by atomic mass is 10.1. The molecule has 0 atom stereocenters. The molecule has 4 aromatic rings. The van der Waals surface area contributed by atoms with Crippen LogP contribution < -0.4 is 20.7 Å².